The van der Waals surface area contributed by atoms with Gasteiger partial charge in [-0.2, -0.15) is 0 Å². The van der Waals surface area contributed by atoms with E-state index in [1.807, 2.05) is 0 Å². The van der Waals surface area contributed by atoms with Crippen LogP contribution in [0.15, 0.2) is 36.9 Å². The molecule has 8 nitrogen and oxygen atoms in total. The maximum atomic E-state index is 12.1. The highest BCUT2D eigenvalue weighted by Crippen LogP contribution is 2.24. The average molecular weight is 307 g/mol. The second kappa shape index (κ2) is 7.77. The van der Waals surface area contributed by atoms with E-state index in [0.717, 1.165) is 0 Å². The molecule has 0 saturated heterocycles. The summed E-state index contributed by atoms with van der Waals surface area (Å²) < 4.78 is 0. The molecule has 0 saturated carbocycles. The van der Waals surface area contributed by atoms with Gasteiger partial charge in [-0.05, 0) is 13.3 Å². The number of nitrogens with zero attached hydrogens (tertiary/aromatic N) is 1. The minimum atomic E-state index is -1.33. The zero-order valence-electron chi connectivity index (χ0n) is 12.0. The fourth-order valence-electron chi connectivity index (χ4n) is 1.96. The first-order valence-electron chi connectivity index (χ1n) is 6.50. The Kier molecular flexibility index (Phi) is 6.06. The Labute approximate surface area is 127 Å². The molecule has 22 heavy (non-hydrogen) atoms. The van der Waals surface area contributed by atoms with Crippen LogP contribution in [0, 0.1) is 10.1 Å². The minimum absolute atomic E-state index is 0.109. The Morgan fingerprint density at radius 2 is 2.05 bits per heavy atom. The third-order valence-corrected chi connectivity index (χ3v) is 2.98. The van der Waals surface area contributed by atoms with Gasteiger partial charge in [0, 0.05) is 6.07 Å². The van der Waals surface area contributed by atoms with Crippen molar-refractivity contribution in [1.29, 1.82) is 0 Å². The molecule has 1 aromatic rings. The molecular formula is C14H17N3O5. The van der Waals surface area contributed by atoms with E-state index >= 15 is 0 Å². The van der Waals surface area contributed by atoms with Crippen molar-refractivity contribution in [2.24, 2.45) is 0 Å². The number of nitro groups is 1. The van der Waals surface area contributed by atoms with E-state index in [9.17, 15) is 19.7 Å². The van der Waals surface area contributed by atoms with Gasteiger partial charge in [0.15, 0.2) is 0 Å². The molecule has 3 N–H and O–H groups in total. The standard InChI is InChI=1S/C14H17N3O5/c1-3-6-11(16-14(19)20)13(18)15-9(2)10-7-4-5-8-12(10)17(21)22/h3-5,7-9,11,16H,1,6H2,2H3,(H,15,18)(H,19,20). The maximum absolute atomic E-state index is 12.1. The summed E-state index contributed by atoms with van der Waals surface area (Å²) in [6, 6.07) is 4.40. The fourth-order valence-corrected chi connectivity index (χ4v) is 1.96. The van der Waals surface area contributed by atoms with E-state index in [4.69, 9.17) is 5.11 Å². The number of para-hydroxylation sites is 1. The van der Waals surface area contributed by atoms with Gasteiger partial charge in [0.05, 0.1) is 16.5 Å². The molecule has 0 aliphatic rings. The summed E-state index contributed by atoms with van der Waals surface area (Å²) in [4.78, 5) is 33.2. The Hall–Kier alpha value is -2.90. The van der Waals surface area contributed by atoms with E-state index < -0.39 is 29.0 Å². The van der Waals surface area contributed by atoms with Crippen molar-refractivity contribution in [3.63, 3.8) is 0 Å². The zero-order chi connectivity index (χ0) is 16.7. The molecule has 1 aromatic carbocycles. The lowest BCUT2D eigenvalue weighted by Crippen LogP contribution is -2.46. The molecule has 0 aliphatic carbocycles. The molecule has 0 bridgehead atoms. The van der Waals surface area contributed by atoms with Crippen molar-refractivity contribution in [2.75, 3.05) is 0 Å². The van der Waals surface area contributed by atoms with Gasteiger partial charge in [0.1, 0.15) is 6.04 Å². The molecule has 118 valence electrons. The zero-order valence-corrected chi connectivity index (χ0v) is 12.0. The van der Waals surface area contributed by atoms with Crippen LogP contribution in [0.4, 0.5) is 10.5 Å². The Morgan fingerprint density at radius 1 is 1.41 bits per heavy atom. The van der Waals surface area contributed by atoms with E-state index in [2.05, 4.69) is 17.2 Å². The van der Waals surface area contributed by atoms with Gasteiger partial charge in [-0.15, -0.1) is 6.58 Å². The number of carbonyl (C=O) groups excluding carboxylic acids is 1. The van der Waals surface area contributed by atoms with Crippen molar-refractivity contribution >= 4 is 17.7 Å². The molecule has 2 unspecified atom stereocenters. The van der Waals surface area contributed by atoms with Crippen LogP contribution in [0.25, 0.3) is 0 Å². The quantitative estimate of drug-likeness (QED) is 0.404. The highest BCUT2D eigenvalue weighted by Gasteiger charge is 2.24. The highest BCUT2D eigenvalue weighted by atomic mass is 16.6. The van der Waals surface area contributed by atoms with Gasteiger partial charge in [0.25, 0.3) is 5.69 Å². The molecule has 0 aromatic heterocycles. The molecule has 1 rings (SSSR count). The average Bonchev–Trinajstić information content (AvgIpc) is 2.46. The highest BCUT2D eigenvalue weighted by molar-refractivity contribution is 5.85. The summed E-state index contributed by atoms with van der Waals surface area (Å²) in [6.45, 7) is 5.05. The van der Waals surface area contributed by atoms with E-state index in [0.29, 0.717) is 5.56 Å². The normalized spacial score (nSPS) is 12.8. The van der Waals surface area contributed by atoms with Crippen LogP contribution in [0.5, 0.6) is 0 Å². The summed E-state index contributed by atoms with van der Waals surface area (Å²) in [7, 11) is 0. The summed E-state index contributed by atoms with van der Waals surface area (Å²) in [5.41, 5.74) is 0.232. The number of nitrogens with one attached hydrogen (secondary N) is 2. The van der Waals surface area contributed by atoms with Crippen LogP contribution < -0.4 is 10.6 Å². The third-order valence-electron chi connectivity index (χ3n) is 2.98. The summed E-state index contributed by atoms with van der Waals surface area (Å²) in [5, 5.41) is 24.3. The lowest BCUT2D eigenvalue weighted by atomic mass is 10.1. The van der Waals surface area contributed by atoms with Crippen LogP contribution in [0.1, 0.15) is 24.9 Å². The van der Waals surface area contributed by atoms with Gasteiger partial charge in [0.2, 0.25) is 5.91 Å². The topological polar surface area (TPSA) is 122 Å². The lowest BCUT2D eigenvalue weighted by molar-refractivity contribution is -0.385. The number of nitro benzene ring substituents is 1. The number of rotatable bonds is 7. The van der Waals surface area contributed by atoms with Crippen molar-refractivity contribution in [1.82, 2.24) is 10.6 Å². The van der Waals surface area contributed by atoms with Crippen molar-refractivity contribution in [3.8, 4) is 0 Å². The van der Waals surface area contributed by atoms with E-state index in [1.165, 1.54) is 24.3 Å². The van der Waals surface area contributed by atoms with Crippen LogP contribution in [-0.4, -0.2) is 28.1 Å². The molecule has 0 spiro atoms. The molecule has 0 aliphatic heterocycles. The molecule has 0 radical (unpaired) electrons. The molecule has 2 atom stereocenters. The van der Waals surface area contributed by atoms with E-state index in [1.54, 1.807) is 13.0 Å². The van der Waals surface area contributed by atoms with Crippen molar-refractivity contribution < 1.29 is 19.6 Å². The van der Waals surface area contributed by atoms with Crippen molar-refractivity contribution in [3.05, 3.63) is 52.6 Å². The Balaban J connectivity index is 2.88. The summed E-state index contributed by atoms with van der Waals surface area (Å²) in [6.07, 6.45) is 0.192. The predicted molar refractivity (Wildman–Crippen MR) is 79.4 cm³/mol. The number of amides is 2. The second-order valence-electron chi connectivity index (χ2n) is 4.57. The smallest absolute Gasteiger partial charge is 0.405 e. The fraction of sp³-hybridized carbons (Fsp3) is 0.286. The first-order chi connectivity index (χ1) is 10.4. The first kappa shape index (κ1) is 17.2. The monoisotopic (exact) mass is 307 g/mol. The van der Waals surface area contributed by atoms with Gasteiger partial charge in [-0.1, -0.05) is 24.3 Å². The van der Waals surface area contributed by atoms with Gasteiger partial charge in [-0.25, -0.2) is 4.79 Å². The van der Waals surface area contributed by atoms with Gasteiger partial charge in [-0.3, -0.25) is 14.9 Å². The maximum Gasteiger partial charge on any atom is 0.405 e. The minimum Gasteiger partial charge on any atom is -0.465 e. The number of hydrogen-bond donors (Lipinski definition) is 3. The largest absolute Gasteiger partial charge is 0.465 e. The molecular weight excluding hydrogens is 290 g/mol. The van der Waals surface area contributed by atoms with Crippen LogP contribution in [0.2, 0.25) is 0 Å². The predicted octanol–water partition coefficient (Wildman–Crippen LogP) is 1.98. The molecule has 0 heterocycles. The molecule has 0 fully saturated rings. The van der Waals surface area contributed by atoms with Gasteiger partial charge >= 0.3 is 6.09 Å². The van der Waals surface area contributed by atoms with Crippen molar-refractivity contribution in [2.45, 2.75) is 25.4 Å². The summed E-state index contributed by atoms with van der Waals surface area (Å²) in [5.74, 6) is -0.576. The van der Waals surface area contributed by atoms with Crippen LogP contribution >= 0.6 is 0 Å². The number of hydrogen-bond acceptors (Lipinski definition) is 4. The van der Waals surface area contributed by atoms with E-state index in [-0.39, 0.29) is 12.1 Å². The van der Waals surface area contributed by atoms with Gasteiger partial charge < -0.3 is 15.7 Å². The van der Waals surface area contributed by atoms with Crippen LogP contribution in [0.3, 0.4) is 0 Å². The third kappa shape index (κ3) is 4.58. The van der Waals surface area contributed by atoms with Crippen LogP contribution in [-0.2, 0) is 4.79 Å². The SMILES string of the molecule is C=CCC(NC(=O)O)C(=O)NC(C)c1ccccc1[N+](=O)[O-]. The summed E-state index contributed by atoms with van der Waals surface area (Å²) >= 11 is 0. The number of carbonyl (C=O) groups is 2. The molecule has 2 amide bonds. The number of carboxylic acid groups (broad SMARTS) is 1. The first-order valence-corrected chi connectivity index (χ1v) is 6.50. The Morgan fingerprint density at radius 3 is 2.59 bits per heavy atom. The lowest BCUT2D eigenvalue weighted by Gasteiger charge is -2.19. The Bertz CT molecular complexity index is 588. The second-order valence-corrected chi connectivity index (χ2v) is 4.57. The number of benzene rings is 1. The molecule has 8 heteroatoms.